The molecule has 2 rings (SSSR count). The molecule has 0 N–H and O–H groups in total. The number of rotatable bonds is 6. The summed E-state index contributed by atoms with van der Waals surface area (Å²) in [6, 6.07) is 4.43. The second-order valence-corrected chi connectivity index (χ2v) is 4.30. The minimum atomic E-state index is -2.89. The first kappa shape index (κ1) is 6.00. The lowest BCUT2D eigenvalue weighted by Gasteiger charge is -2.22. The van der Waals surface area contributed by atoms with Gasteiger partial charge in [-0.25, -0.2) is 0 Å². The molecule has 106 valence electrons. The zero-order chi connectivity index (χ0) is 23.7. The molecule has 0 aliphatic carbocycles. The van der Waals surface area contributed by atoms with Crippen LogP contribution in [0.1, 0.15) is 37.9 Å². The molecule has 2 aromatic carbocycles. The van der Waals surface area contributed by atoms with E-state index in [0.29, 0.717) is 10.5 Å². The van der Waals surface area contributed by atoms with Crippen LogP contribution in [0.3, 0.4) is 0 Å². The summed E-state index contributed by atoms with van der Waals surface area (Å²) >= 11 is 0. The van der Waals surface area contributed by atoms with Gasteiger partial charge in [-0.1, -0.05) is 54.5 Å². The topological polar surface area (TPSA) is 12.5 Å². The standard InChI is InChI=1S/C18H23NO/c1-15-9-7-8-12-17(15)18(20-14-13-19(2)3)16-10-5-4-6-11-16/h4-12,18H,13-14H2,1-3H3/i2D3,3D3,4D,5D,6D,10D,11D. The third-order valence-electron chi connectivity index (χ3n) is 2.85. The normalized spacial score (nSPS) is 21.8. The second kappa shape index (κ2) is 7.22. The SMILES string of the molecule is [2H]c1c([2H])c([2H])c(C(OCCN(C([2H])([2H])[2H])C([2H])([2H])[2H])c2ccccc2C)c([2H])c1[2H]. The molecule has 1 unspecified atom stereocenters. The lowest BCUT2D eigenvalue weighted by Crippen LogP contribution is -2.20. The van der Waals surface area contributed by atoms with Crippen molar-refractivity contribution in [2.24, 2.45) is 0 Å². The van der Waals surface area contributed by atoms with Gasteiger partial charge in [-0.2, -0.15) is 0 Å². The van der Waals surface area contributed by atoms with Crippen molar-refractivity contribution in [3.63, 3.8) is 0 Å². The monoisotopic (exact) mass is 280 g/mol. The van der Waals surface area contributed by atoms with E-state index in [4.69, 9.17) is 19.8 Å². The first-order valence-electron chi connectivity index (χ1n) is 11.7. The summed E-state index contributed by atoms with van der Waals surface area (Å²) < 4.78 is 90.7. The average Bonchev–Trinajstić information content (AvgIpc) is 2.65. The van der Waals surface area contributed by atoms with Crippen LogP contribution in [0, 0.1) is 6.92 Å². The Morgan fingerprint density at radius 2 is 1.95 bits per heavy atom. The Balaban J connectivity index is 2.50. The van der Waals surface area contributed by atoms with E-state index in [1.54, 1.807) is 31.2 Å². The highest BCUT2D eigenvalue weighted by atomic mass is 16.5. The fourth-order valence-electron chi connectivity index (χ4n) is 1.86. The van der Waals surface area contributed by atoms with Crippen molar-refractivity contribution in [2.75, 3.05) is 27.1 Å². The third kappa shape index (κ3) is 3.92. The highest BCUT2D eigenvalue weighted by molar-refractivity contribution is 5.35. The van der Waals surface area contributed by atoms with Crippen LogP contribution in [0.15, 0.2) is 54.5 Å². The van der Waals surface area contributed by atoms with Crippen LogP contribution >= 0.6 is 0 Å². The molecule has 0 spiro atoms. The minimum Gasteiger partial charge on any atom is -0.367 e. The number of ether oxygens (including phenoxy) is 1. The van der Waals surface area contributed by atoms with Gasteiger partial charge in [0.25, 0.3) is 0 Å². The van der Waals surface area contributed by atoms with Crippen LogP contribution < -0.4 is 0 Å². The summed E-state index contributed by atoms with van der Waals surface area (Å²) in [5, 5.41) is 0. The van der Waals surface area contributed by atoms with E-state index in [9.17, 15) is 0 Å². The van der Waals surface area contributed by atoms with Gasteiger partial charge in [0.15, 0.2) is 0 Å². The second-order valence-electron chi connectivity index (χ2n) is 4.30. The van der Waals surface area contributed by atoms with Crippen molar-refractivity contribution in [1.29, 1.82) is 0 Å². The molecule has 0 heterocycles. The molecule has 2 heteroatoms. The van der Waals surface area contributed by atoms with Gasteiger partial charge in [0.05, 0.1) is 13.5 Å². The predicted molar refractivity (Wildman–Crippen MR) is 84.0 cm³/mol. The molecule has 2 nitrogen and oxygen atoms in total. The first-order chi connectivity index (χ1) is 14.2. The summed E-state index contributed by atoms with van der Waals surface area (Å²) in [6.45, 7) is -4.85. The van der Waals surface area contributed by atoms with Crippen LogP contribution in [-0.4, -0.2) is 32.0 Å². The molecule has 1 atom stereocenters. The predicted octanol–water partition coefficient (Wildman–Crippen LogP) is 3.66. The Bertz CT molecular complexity index is 896. The largest absolute Gasteiger partial charge is 0.367 e. The van der Waals surface area contributed by atoms with Gasteiger partial charge in [-0.05, 0) is 37.6 Å². The third-order valence-corrected chi connectivity index (χ3v) is 2.85. The Kier molecular flexibility index (Phi) is 2.17. The number of hydrogen-bond acceptors (Lipinski definition) is 2. The molecule has 0 fully saturated rings. The van der Waals surface area contributed by atoms with Crippen molar-refractivity contribution in [2.45, 2.75) is 13.0 Å². The highest BCUT2D eigenvalue weighted by Crippen LogP contribution is 2.28. The van der Waals surface area contributed by atoms with Gasteiger partial charge in [-0.3, -0.25) is 0 Å². The van der Waals surface area contributed by atoms with Crippen LogP contribution in [0.5, 0.6) is 0 Å². The van der Waals surface area contributed by atoms with Crippen molar-refractivity contribution in [1.82, 2.24) is 4.90 Å². The Morgan fingerprint density at radius 3 is 2.65 bits per heavy atom. The van der Waals surface area contributed by atoms with Gasteiger partial charge in [0, 0.05) is 14.8 Å². The summed E-state index contributed by atoms with van der Waals surface area (Å²) in [5.74, 6) is 0. The van der Waals surface area contributed by atoms with Crippen LogP contribution in [0.25, 0.3) is 0 Å². The molecule has 0 aliphatic rings. The summed E-state index contributed by atoms with van der Waals surface area (Å²) in [7, 11) is 0. The van der Waals surface area contributed by atoms with E-state index in [2.05, 4.69) is 0 Å². The molecule has 2 aromatic rings. The molecule has 0 aliphatic heterocycles. The number of hydrogen-bond donors (Lipinski definition) is 0. The Hall–Kier alpha value is -1.64. The fourth-order valence-corrected chi connectivity index (χ4v) is 1.86. The molecule has 0 aromatic heterocycles. The summed E-state index contributed by atoms with van der Waals surface area (Å²) in [4.78, 5) is 0.344. The Labute approximate surface area is 137 Å². The summed E-state index contributed by atoms with van der Waals surface area (Å²) in [6.07, 6.45) is -1.12. The van der Waals surface area contributed by atoms with Crippen molar-refractivity contribution >= 4 is 0 Å². The first-order valence-corrected chi connectivity index (χ1v) is 6.19. The maximum atomic E-state index is 8.26. The quantitative estimate of drug-likeness (QED) is 0.800. The molecule has 0 bridgehead atoms. The van der Waals surface area contributed by atoms with Crippen molar-refractivity contribution < 1.29 is 19.8 Å². The van der Waals surface area contributed by atoms with Crippen LogP contribution in [-0.2, 0) is 4.74 Å². The maximum Gasteiger partial charge on any atom is 0.108 e. The molecular formula is C18H23NO. The van der Waals surface area contributed by atoms with Gasteiger partial charge < -0.3 is 9.64 Å². The van der Waals surface area contributed by atoms with E-state index in [0.717, 1.165) is 5.56 Å². The Morgan fingerprint density at radius 1 is 1.20 bits per heavy atom. The van der Waals surface area contributed by atoms with Crippen molar-refractivity contribution in [3.05, 3.63) is 71.2 Å². The lowest BCUT2D eigenvalue weighted by atomic mass is 9.97. The number of aryl methyl sites for hydroxylation is 1. The van der Waals surface area contributed by atoms with E-state index in [1.165, 1.54) is 0 Å². The van der Waals surface area contributed by atoms with Gasteiger partial charge in [0.2, 0.25) is 0 Å². The van der Waals surface area contributed by atoms with Gasteiger partial charge in [-0.15, -0.1) is 0 Å². The molecule has 0 radical (unpaired) electrons. The van der Waals surface area contributed by atoms with Crippen LogP contribution in [0.2, 0.25) is 0 Å². The fraction of sp³-hybridized carbons (Fsp3) is 0.333. The molecule has 0 saturated carbocycles. The van der Waals surface area contributed by atoms with Crippen LogP contribution in [0.4, 0.5) is 0 Å². The highest BCUT2D eigenvalue weighted by Gasteiger charge is 2.16. The maximum absolute atomic E-state index is 8.26. The molecule has 0 saturated heterocycles. The van der Waals surface area contributed by atoms with Gasteiger partial charge in [0.1, 0.15) is 6.10 Å². The van der Waals surface area contributed by atoms with E-state index >= 15 is 0 Å². The minimum absolute atomic E-state index is 0.102. The van der Waals surface area contributed by atoms with Gasteiger partial charge >= 0.3 is 0 Å². The number of nitrogens with zero attached hydrogens (tertiary/aromatic N) is 1. The molecule has 0 amide bonds. The molecule has 20 heavy (non-hydrogen) atoms. The van der Waals surface area contributed by atoms with E-state index < -0.39 is 56.8 Å². The van der Waals surface area contributed by atoms with Crippen molar-refractivity contribution in [3.8, 4) is 0 Å². The summed E-state index contributed by atoms with van der Waals surface area (Å²) in [5.41, 5.74) is 1.15. The zero-order valence-corrected chi connectivity index (χ0v) is 11.2. The van der Waals surface area contributed by atoms with E-state index in [-0.39, 0.29) is 12.2 Å². The number of likely N-dealkylation sites (N-methyl/N-ethyl adjacent to an activating group) is 1. The smallest absolute Gasteiger partial charge is 0.108 e. The van der Waals surface area contributed by atoms with E-state index in [1.807, 2.05) is 0 Å². The zero-order valence-electron chi connectivity index (χ0n) is 22.2. The lowest BCUT2D eigenvalue weighted by molar-refractivity contribution is 0.0683. The molecular weight excluding hydrogens is 246 g/mol. The average molecular weight is 280 g/mol. The number of benzene rings is 2.